The van der Waals surface area contributed by atoms with Gasteiger partial charge in [0.15, 0.2) is 0 Å². The Bertz CT molecular complexity index is 786. The highest BCUT2D eigenvalue weighted by molar-refractivity contribution is 7.89. The van der Waals surface area contributed by atoms with E-state index in [1.54, 1.807) is 26.0 Å². The Hall–Kier alpha value is -0.960. The van der Waals surface area contributed by atoms with Crippen LogP contribution < -0.4 is 4.72 Å². The molecule has 1 aliphatic rings. The van der Waals surface area contributed by atoms with Gasteiger partial charge in [0.25, 0.3) is 0 Å². The Morgan fingerprint density at radius 3 is 2.29 bits per heavy atom. The Kier molecular flexibility index (Phi) is 6.06. The summed E-state index contributed by atoms with van der Waals surface area (Å²) in [7, 11) is -6.99. The fourth-order valence-electron chi connectivity index (χ4n) is 3.06. The maximum absolute atomic E-state index is 12.4. The third-order valence-corrected chi connectivity index (χ3v) is 7.17. The summed E-state index contributed by atoms with van der Waals surface area (Å²) in [5, 5.41) is 0. The molecule has 2 rings (SSSR count). The number of hydrogen-bond acceptors (Lipinski definition) is 4. The molecule has 24 heavy (non-hydrogen) atoms. The molecule has 0 fully saturated rings. The molecular weight excluding hydrogens is 348 g/mol. The number of fused-ring (bicyclic) bond motifs is 1. The van der Waals surface area contributed by atoms with Gasteiger partial charge in [-0.15, -0.1) is 0 Å². The summed E-state index contributed by atoms with van der Waals surface area (Å²) in [6, 6.07) is 5.05. The number of nitrogens with one attached hydrogen (secondary N) is 1. The van der Waals surface area contributed by atoms with E-state index in [0.29, 0.717) is 0 Å². The van der Waals surface area contributed by atoms with Gasteiger partial charge >= 0.3 is 0 Å². The molecule has 1 N–H and O–H groups in total. The van der Waals surface area contributed by atoms with E-state index in [0.717, 1.165) is 37.5 Å². The molecule has 0 spiro atoms. The Balaban J connectivity index is 2.06. The number of hydrogen-bond donors (Lipinski definition) is 1. The standard InChI is InChI=1S/C16H26N2O4S2/c1-13(2)18(23(3,19)20)11-10-17-24(21,22)16-9-8-14-6-4-5-7-15(14)12-16/h8-9,12-13,17H,4-7,10-11H2,1-3H3. The van der Waals surface area contributed by atoms with Crippen LogP contribution in [0.5, 0.6) is 0 Å². The first-order chi connectivity index (χ1) is 11.1. The van der Waals surface area contributed by atoms with Crippen LogP contribution in [0, 0.1) is 0 Å². The van der Waals surface area contributed by atoms with Gasteiger partial charge in [-0.05, 0) is 62.8 Å². The lowest BCUT2D eigenvalue weighted by atomic mass is 9.92. The SMILES string of the molecule is CC(C)N(CCNS(=O)(=O)c1ccc2c(c1)CCCC2)S(C)(=O)=O. The number of nitrogens with zero attached hydrogens (tertiary/aromatic N) is 1. The Morgan fingerprint density at radius 2 is 1.71 bits per heavy atom. The predicted octanol–water partition coefficient (Wildman–Crippen LogP) is 1.51. The average molecular weight is 375 g/mol. The van der Waals surface area contributed by atoms with Gasteiger partial charge in [0.2, 0.25) is 20.0 Å². The third-order valence-electron chi connectivity index (χ3n) is 4.26. The van der Waals surface area contributed by atoms with Crippen LogP contribution in [-0.4, -0.2) is 46.5 Å². The van der Waals surface area contributed by atoms with Crippen molar-refractivity contribution in [1.29, 1.82) is 0 Å². The smallest absolute Gasteiger partial charge is 0.212 e. The maximum atomic E-state index is 12.4. The molecular formula is C16H26N2O4S2. The van der Waals surface area contributed by atoms with Crippen molar-refractivity contribution in [2.75, 3.05) is 19.3 Å². The topological polar surface area (TPSA) is 83.6 Å². The van der Waals surface area contributed by atoms with Crippen LogP contribution in [0.25, 0.3) is 0 Å². The zero-order chi connectivity index (χ0) is 18.0. The van der Waals surface area contributed by atoms with Crippen molar-refractivity contribution in [1.82, 2.24) is 9.03 Å². The maximum Gasteiger partial charge on any atom is 0.240 e. The summed E-state index contributed by atoms with van der Waals surface area (Å²) in [5.41, 5.74) is 2.33. The van der Waals surface area contributed by atoms with Crippen LogP contribution in [0.2, 0.25) is 0 Å². The second kappa shape index (κ2) is 7.51. The molecule has 0 saturated carbocycles. The van der Waals surface area contributed by atoms with E-state index in [1.807, 2.05) is 6.07 Å². The highest BCUT2D eigenvalue weighted by Crippen LogP contribution is 2.24. The number of sulfonamides is 2. The van der Waals surface area contributed by atoms with Gasteiger partial charge in [0, 0.05) is 19.1 Å². The second-order valence-electron chi connectivity index (χ2n) is 6.50. The van der Waals surface area contributed by atoms with Gasteiger partial charge < -0.3 is 0 Å². The van der Waals surface area contributed by atoms with Crippen LogP contribution in [0.1, 0.15) is 37.8 Å². The molecule has 1 aliphatic carbocycles. The molecule has 0 atom stereocenters. The molecule has 0 saturated heterocycles. The molecule has 136 valence electrons. The van der Waals surface area contributed by atoms with E-state index in [9.17, 15) is 16.8 Å². The van der Waals surface area contributed by atoms with E-state index in [1.165, 1.54) is 9.87 Å². The van der Waals surface area contributed by atoms with Crippen molar-refractivity contribution in [2.45, 2.75) is 50.5 Å². The third kappa shape index (κ3) is 4.78. The van der Waals surface area contributed by atoms with Crippen LogP contribution in [0.4, 0.5) is 0 Å². The number of rotatable bonds is 7. The lowest BCUT2D eigenvalue weighted by molar-refractivity contribution is 0.360. The summed E-state index contributed by atoms with van der Waals surface area (Å²) in [5.74, 6) is 0. The molecule has 0 aromatic heterocycles. The summed E-state index contributed by atoms with van der Waals surface area (Å²) in [4.78, 5) is 0.249. The lowest BCUT2D eigenvalue weighted by Gasteiger charge is -2.24. The van der Waals surface area contributed by atoms with Crippen molar-refractivity contribution in [3.05, 3.63) is 29.3 Å². The monoisotopic (exact) mass is 374 g/mol. The van der Waals surface area contributed by atoms with E-state index in [2.05, 4.69) is 4.72 Å². The van der Waals surface area contributed by atoms with Crippen molar-refractivity contribution < 1.29 is 16.8 Å². The van der Waals surface area contributed by atoms with E-state index in [-0.39, 0.29) is 24.0 Å². The Morgan fingerprint density at radius 1 is 1.08 bits per heavy atom. The van der Waals surface area contributed by atoms with Crippen molar-refractivity contribution >= 4 is 20.0 Å². The summed E-state index contributed by atoms with van der Waals surface area (Å²) < 4.78 is 52.1. The van der Waals surface area contributed by atoms with Crippen molar-refractivity contribution in [3.8, 4) is 0 Å². The van der Waals surface area contributed by atoms with Crippen LogP contribution in [-0.2, 0) is 32.9 Å². The normalized spacial score (nSPS) is 15.7. The van der Waals surface area contributed by atoms with Gasteiger partial charge in [0.1, 0.15) is 0 Å². The molecule has 1 aromatic carbocycles. The van der Waals surface area contributed by atoms with Crippen molar-refractivity contribution in [2.24, 2.45) is 0 Å². The van der Waals surface area contributed by atoms with Crippen LogP contribution >= 0.6 is 0 Å². The molecule has 0 aliphatic heterocycles. The number of benzene rings is 1. The second-order valence-corrected chi connectivity index (χ2v) is 10.2. The van der Waals surface area contributed by atoms with E-state index in [4.69, 9.17) is 0 Å². The van der Waals surface area contributed by atoms with Gasteiger partial charge in [-0.25, -0.2) is 21.6 Å². The average Bonchev–Trinajstić information content (AvgIpc) is 2.49. The first-order valence-corrected chi connectivity index (χ1v) is 11.5. The first-order valence-electron chi connectivity index (χ1n) is 8.19. The fourth-order valence-corrected chi connectivity index (χ4v) is 5.32. The van der Waals surface area contributed by atoms with E-state index < -0.39 is 20.0 Å². The van der Waals surface area contributed by atoms with Gasteiger partial charge in [0.05, 0.1) is 11.2 Å². The largest absolute Gasteiger partial charge is 0.240 e. The molecule has 0 amide bonds. The zero-order valence-electron chi connectivity index (χ0n) is 14.4. The minimum Gasteiger partial charge on any atom is -0.212 e. The highest BCUT2D eigenvalue weighted by Gasteiger charge is 2.22. The van der Waals surface area contributed by atoms with Gasteiger partial charge in [-0.3, -0.25) is 0 Å². The van der Waals surface area contributed by atoms with Crippen LogP contribution in [0.15, 0.2) is 23.1 Å². The molecule has 0 radical (unpaired) electrons. The quantitative estimate of drug-likeness (QED) is 0.784. The van der Waals surface area contributed by atoms with E-state index >= 15 is 0 Å². The lowest BCUT2D eigenvalue weighted by Crippen LogP contribution is -2.41. The molecule has 6 nitrogen and oxygen atoms in total. The molecule has 0 heterocycles. The molecule has 0 bridgehead atoms. The molecule has 8 heteroatoms. The summed E-state index contributed by atoms with van der Waals surface area (Å²) >= 11 is 0. The Labute approximate surface area is 145 Å². The predicted molar refractivity (Wildman–Crippen MR) is 95.0 cm³/mol. The van der Waals surface area contributed by atoms with Crippen LogP contribution in [0.3, 0.4) is 0 Å². The summed E-state index contributed by atoms with van der Waals surface area (Å²) in [6.45, 7) is 3.68. The molecule has 0 unspecified atom stereocenters. The highest BCUT2D eigenvalue weighted by atomic mass is 32.2. The van der Waals surface area contributed by atoms with Gasteiger partial charge in [-0.1, -0.05) is 6.07 Å². The minimum atomic E-state index is -3.63. The molecule has 1 aromatic rings. The summed E-state index contributed by atoms with van der Waals surface area (Å²) in [6.07, 6.45) is 5.27. The van der Waals surface area contributed by atoms with Crippen molar-refractivity contribution in [3.63, 3.8) is 0 Å². The van der Waals surface area contributed by atoms with Gasteiger partial charge in [-0.2, -0.15) is 4.31 Å². The minimum absolute atomic E-state index is 0.0463. The number of aryl methyl sites for hydroxylation is 2. The first kappa shape index (κ1) is 19.4. The fraction of sp³-hybridized carbons (Fsp3) is 0.625. The zero-order valence-corrected chi connectivity index (χ0v) is 16.1.